The molecule has 1 atom stereocenters. The Morgan fingerprint density at radius 2 is 2.32 bits per heavy atom. The number of aromatic nitrogens is 2. The van der Waals surface area contributed by atoms with E-state index in [0.717, 1.165) is 19.3 Å². The fourth-order valence-electron chi connectivity index (χ4n) is 3.38. The van der Waals surface area contributed by atoms with E-state index in [1.54, 1.807) is 6.07 Å². The van der Waals surface area contributed by atoms with Crippen LogP contribution in [0.2, 0.25) is 0 Å². The van der Waals surface area contributed by atoms with Crippen molar-refractivity contribution in [3.63, 3.8) is 0 Å². The van der Waals surface area contributed by atoms with Crippen LogP contribution in [0, 0.1) is 11.3 Å². The molecule has 0 spiro atoms. The Labute approximate surface area is 179 Å². The molecule has 3 rings (SSSR count). The van der Waals surface area contributed by atoms with Gasteiger partial charge in [-0.25, -0.2) is 4.79 Å². The fraction of sp³-hybridized carbons (Fsp3) is 0.364. The van der Waals surface area contributed by atoms with Gasteiger partial charge in [-0.2, -0.15) is 10.2 Å². The minimum atomic E-state index is -1.12. The van der Waals surface area contributed by atoms with Gasteiger partial charge < -0.3 is 24.8 Å². The van der Waals surface area contributed by atoms with Crippen LogP contribution in [0.1, 0.15) is 30.7 Å². The molecule has 9 nitrogen and oxygen atoms in total. The molecule has 0 amide bonds. The number of ether oxygens (including phenoxy) is 1. The van der Waals surface area contributed by atoms with Crippen LogP contribution in [0.25, 0.3) is 11.5 Å². The second kappa shape index (κ2) is 11.1. The van der Waals surface area contributed by atoms with Crippen LogP contribution in [-0.4, -0.2) is 52.1 Å². The summed E-state index contributed by atoms with van der Waals surface area (Å²) in [5, 5.41) is 34.3. The van der Waals surface area contributed by atoms with Crippen molar-refractivity contribution in [3.05, 3.63) is 53.4 Å². The Kier molecular flexibility index (Phi) is 7.92. The van der Waals surface area contributed by atoms with Gasteiger partial charge in [0.25, 0.3) is 5.89 Å². The molecule has 31 heavy (non-hydrogen) atoms. The second-order valence-corrected chi connectivity index (χ2v) is 7.02. The van der Waals surface area contributed by atoms with Crippen molar-refractivity contribution in [2.75, 3.05) is 19.8 Å². The molecular weight excluding hydrogens is 400 g/mol. The van der Waals surface area contributed by atoms with E-state index in [4.69, 9.17) is 19.5 Å². The number of hydrogen-bond acceptors (Lipinski definition) is 8. The van der Waals surface area contributed by atoms with Crippen LogP contribution in [0.5, 0.6) is 5.75 Å². The van der Waals surface area contributed by atoms with Crippen LogP contribution in [0.4, 0.5) is 0 Å². The highest BCUT2D eigenvalue weighted by Gasteiger charge is 2.19. The van der Waals surface area contributed by atoms with E-state index >= 15 is 0 Å². The summed E-state index contributed by atoms with van der Waals surface area (Å²) in [6.07, 6.45) is 9.79. The van der Waals surface area contributed by atoms with E-state index in [2.05, 4.69) is 21.5 Å². The van der Waals surface area contributed by atoms with Crippen LogP contribution < -0.4 is 10.1 Å². The smallest absolute Gasteiger partial charge is 0.341 e. The first-order chi connectivity index (χ1) is 15.1. The van der Waals surface area contributed by atoms with Crippen LogP contribution in [0.3, 0.4) is 0 Å². The SMILES string of the molecule is N#Cc1cc(-c2nc(CC=CC=C3CCCC3NCCO)no2)ccc1OCC(=O)O. The monoisotopic (exact) mass is 424 g/mol. The highest BCUT2D eigenvalue weighted by atomic mass is 16.5. The Bertz CT molecular complexity index is 1010. The number of hydrogen-bond donors (Lipinski definition) is 3. The van der Waals surface area contributed by atoms with E-state index in [1.165, 1.54) is 17.7 Å². The van der Waals surface area contributed by atoms with Crippen molar-refractivity contribution in [3.8, 4) is 23.3 Å². The van der Waals surface area contributed by atoms with Crippen molar-refractivity contribution in [2.24, 2.45) is 0 Å². The number of benzene rings is 1. The summed E-state index contributed by atoms with van der Waals surface area (Å²) in [5.74, 6) is -0.158. The van der Waals surface area contributed by atoms with Gasteiger partial charge in [0.05, 0.1) is 12.2 Å². The van der Waals surface area contributed by atoms with Crippen molar-refractivity contribution in [1.29, 1.82) is 5.26 Å². The lowest BCUT2D eigenvalue weighted by molar-refractivity contribution is -0.139. The van der Waals surface area contributed by atoms with Crippen LogP contribution in [-0.2, 0) is 11.2 Å². The predicted octanol–water partition coefficient (Wildman–Crippen LogP) is 2.23. The van der Waals surface area contributed by atoms with Gasteiger partial charge in [0, 0.05) is 24.6 Å². The summed E-state index contributed by atoms with van der Waals surface area (Å²) in [7, 11) is 0. The Morgan fingerprint density at radius 3 is 3.10 bits per heavy atom. The lowest BCUT2D eigenvalue weighted by Crippen LogP contribution is -2.30. The lowest BCUT2D eigenvalue weighted by Gasteiger charge is -2.12. The van der Waals surface area contributed by atoms with Gasteiger partial charge in [0.15, 0.2) is 12.4 Å². The Hall–Kier alpha value is -3.48. The zero-order valence-electron chi connectivity index (χ0n) is 17.0. The third-order valence-corrected chi connectivity index (χ3v) is 4.82. The number of aliphatic carboxylic acids is 1. The number of allylic oxidation sites excluding steroid dienone is 3. The number of nitriles is 1. The van der Waals surface area contributed by atoms with Crippen molar-refractivity contribution in [1.82, 2.24) is 15.5 Å². The maximum atomic E-state index is 10.6. The van der Waals surface area contributed by atoms with Crippen LogP contribution >= 0.6 is 0 Å². The summed E-state index contributed by atoms with van der Waals surface area (Å²) in [5.41, 5.74) is 2.06. The lowest BCUT2D eigenvalue weighted by atomic mass is 10.1. The standard InChI is InChI=1S/C22H24N4O5/c23-13-17-12-16(8-9-19(17)30-14-21(28)29)22-25-20(26-31-22)7-2-1-4-15-5-3-6-18(15)24-10-11-27/h1-2,4,8-9,12,18,24,27H,3,5-7,10-11,14H2,(H,28,29). The van der Waals surface area contributed by atoms with Crippen molar-refractivity contribution < 1.29 is 24.3 Å². The van der Waals surface area contributed by atoms with E-state index in [9.17, 15) is 10.1 Å². The minimum absolute atomic E-state index is 0.133. The number of nitrogens with zero attached hydrogens (tertiary/aromatic N) is 3. The topological polar surface area (TPSA) is 142 Å². The summed E-state index contributed by atoms with van der Waals surface area (Å²) in [4.78, 5) is 15.0. The molecule has 1 aromatic heterocycles. The number of rotatable bonds is 10. The fourth-order valence-corrected chi connectivity index (χ4v) is 3.38. The van der Waals surface area contributed by atoms with Crippen molar-refractivity contribution >= 4 is 5.97 Å². The molecule has 2 aromatic rings. The molecule has 1 aliphatic rings. The zero-order chi connectivity index (χ0) is 22.1. The largest absolute Gasteiger partial charge is 0.481 e. The Balaban J connectivity index is 1.61. The molecule has 1 heterocycles. The molecule has 162 valence electrons. The Morgan fingerprint density at radius 1 is 1.45 bits per heavy atom. The number of carboxylic acids is 1. The second-order valence-electron chi connectivity index (χ2n) is 7.02. The molecule has 9 heteroatoms. The van der Waals surface area contributed by atoms with Gasteiger partial charge in [-0.15, -0.1) is 0 Å². The number of aliphatic hydroxyl groups is 1. The first kappa shape index (κ1) is 22.2. The first-order valence-corrected chi connectivity index (χ1v) is 10.0. The minimum Gasteiger partial charge on any atom is -0.481 e. The average molecular weight is 424 g/mol. The molecule has 3 N–H and O–H groups in total. The number of aliphatic hydroxyl groups excluding tert-OH is 1. The molecule has 0 radical (unpaired) electrons. The van der Waals surface area contributed by atoms with Gasteiger partial charge in [-0.05, 0) is 37.5 Å². The zero-order valence-corrected chi connectivity index (χ0v) is 17.0. The van der Waals surface area contributed by atoms with Gasteiger partial charge in [0.2, 0.25) is 0 Å². The first-order valence-electron chi connectivity index (χ1n) is 10.0. The number of nitrogens with one attached hydrogen (secondary N) is 1. The highest BCUT2D eigenvalue weighted by molar-refractivity contribution is 5.69. The summed E-state index contributed by atoms with van der Waals surface area (Å²) in [6.45, 7) is 0.199. The molecule has 0 bridgehead atoms. The molecule has 0 saturated heterocycles. The molecular formula is C22H24N4O5. The maximum Gasteiger partial charge on any atom is 0.341 e. The van der Waals surface area contributed by atoms with Gasteiger partial charge in [0.1, 0.15) is 11.8 Å². The molecule has 0 aliphatic heterocycles. The van der Waals surface area contributed by atoms with E-state index in [-0.39, 0.29) is 23.8 Å². The molecule has 1 aliphatic carbocycles. The van der Waals surface area contributed by atoms with Gasteiger partial charge in [-0.3, -0.25) is 0 Å². The average Bonchev–Trinajstić information content (AvgIpc) is 3.43. The van der Waals surface area contributed by atoms with E-state index in [0.29, 0.717) is 30.4 Å². The molecule has 1 saturated carbocycles. The summed E-state index contributed by atoms with van der Waals surface area (Å²) in [6, 6.07) is 6.97. The van der Waals surface area contributed by atoms with Crippen LogP contribution in [0.15, 0.2) is 46.5 Å². The normalized spacial score (nSPS) is 17.3. The highest BCUT2D eigenvalue weighted by Crippen LogP contribution is 2.26. The van der Waals surface area contributed by atoms with E-state index < -0.39 is 12.6 Å². The summed E-state index contributed by atoms with van der Waals surface area (Å²) < 4.78 is 10.4. The van der Waals surface area contributed by atoms with Gasteiger partial charge in [-0.1, -0.05) is 29.0 Å². The molecule has 1 fully saturated rings. The number of carbonyl (C=O) groups is 1. The third-order valence-electron chi connectivity index (χ3n) is 4.82. The molecule has 1 unspecified atom stereocenters. The quantitative estimate of drug-likeness (QED) is 0.523. The summed E-state index contributed by atoms with van der Waals surface area (Å²) >= 11 is 0. The van der Waals surface area contributed by atoms with E-state index in [1.807, 2.05) is 18.2 Å². The number of carboxylic acid groups (broad SMARTS) is 1. The maximum absolute atomic E-state index is 10.6. The van der Waals surface area contributed by atoms with Crippen molar-refractivity contribution in [2.45, 2.75) is 31.7 Å². The van der Waals surface area contributed by atoms with Gasteiger partial charge >= 0.3 is 5.97 Å². The third kappa shape index (κ3) is 6.25. The predicted molar refractivity (Wildman–Crippen MR) is 111 cm³/mol. The molecule has 1 aromatic carbocycles.